The summed E-state index contributed by atoms with van der Waals surface area (Å²) in [6.45, 7) is 9.81. The molecule has 0 saturated carbocycles. The highest BCUT2D eigenvalue weighted by molar-refractivity contribution is 7.10. The molecule has 3 nitrogen and oxygen atoms in total. The van der Waals surface area contributed by atoms with Crippen LogP contribution in [0.3, 0.4) is 0 Å². The predicted molar refractivity (Wildman–Crippen MR) is 64.8 cm³/mol. The van der Waals surface area contributed by atoms with Gasteiger partial charge in [-0.05, 0) is 45.6 Å². The van der Waals surface area contributed by atoms with Crippen LogP contribution in [-0.2, 0) is 0 Å². The van der Waals surface area contributed by atoms with Gasteiger partial charge in [-0.15, -0.1) is 0 Å². The van der Waals surface area contributed by atoms with E-state index in [2.05, 4.69) is 30.5 Å². The summed E-state index contributed by atoms with van der Waals surface area (Å²) in [4.78, 5) is 11.4. The van der Waals surface area contributed by atoms with Crippen LogP contribution >= 0.6 is 11.5 Å². The van der Waals surface area contributed by atoms with Gasteiger partial charge in [-0.1, -0.05) is 6.92 Å². The summed E-state index contributed by atoms with van der Waals surface area (Å²) >= 11 is 1.36. The summed E-state index contributed by atoms with van der Waals surface area (Å²) in [7, 11) is 0. The van der Waals surface area contributed by atoms with Crippen molar-refractivity contribution in [3.05, 3.63) is 11.3 Å². The van der Waals surface area contributed by atoms with Crippen LogP contribution in [0.5, 0.6) is 0 Å². The highest BCUT2D eigenvalue weighted by Gasteiger charge is 2.21. The Hall–Kier alpha value is -0.900. The Morgan fingerprint density at radius 1 is 1.53 bits per heavy atom. The van der Waals surface area contributed by atoms with E-state index in [9.17, 15) is 4.79 Å². The Labute approximate surface area is 95.1 Å². The smallest absolute Gasteiger partial charge is 0.164 e. The van der Waals surface area contributed by atoms with E-state index in [0.717, 1.165) is 22.7 Å². The number of carbonyl (C=O) groups excluding carboxylic acids is 1. The van der Waals surface area contributed by atoms with Crippen molar-refractivity contribution in [1.29, 1.82) is 0 Å². The van der Waals surface area contributed by atoms with Gasteiger partial charge < -0.3 is 5.32 Å². The van der Waals surface area contributed by atoms with Gasteiger partial charge in [-0.25, -0.2) is 0 Å². The Kier molecular flexibility index (Phi) is 3.50. The summed E-state index contributed by atoms with van der Waals surface area (Å²) in [5.74, 6) is 0.0793. The highest BCUT2D eigenvalue weighted by Crippen LogP contribution is 2.28. The van der Waals surface area contributed by atoms with Crippen LogP contribution in [0.1, 0.15) is 50.2 Å². The fraction of sp³-hybridized carbons (Fsp3) is 0.636. The van der Waals surface area contributed by atoms with Crippen molar-refractivity contribution in [2.24, 2.45) is 0 Å². The standard InChI is InChI=1S/C11H18N2OS/c1-6-11(4,5)12-10-9(8(3)14)7(2)13-15-10/h12H,6H2,1-5H3. The number of anilines is 1. The first-order valence-electron chi connectivity index (χ1n) is 5.13. The van der Waals surface area contributed by atoms with Crippen molar-refractivity contribution in [2.45, 2.75) is 46.6 Å². The van der Waals surface area contributed by atoms with Gasteiger partial charge in [0, 0.05) is 5.54 Å². The molecule has 0 spiro atoms. The molecule has 1 N–H and O–H groups in total. The van der Waals surface area contributed by atoms with Crippen LogP contribution in [0.25, 0.3) is 0 Å². The molecule has 1 heterocycles. The second-order valence-electron chi connectivity index (χ2n) is 4.39. The van der Waals surface area contributed by atoms with E-state index in [1.807, 2.05) is 6.92 Å². The third kappa shape index (κ3) is 2.78. The highest BCUT2D eigenvalue weighted by atomic mass is 32.1. The van der Waals surface area contributed by atoms with Crippen LogP contribution in [0, 0.1) is 6.92 Å². The zero-order valence-corrected chi connectivity index (χ0v) is 10.8. The van der Waals surface area contributed by atoms with Gasteiger partial charge in [0.1, 0.15) is 5.00 Å². The molecule has 0 unspecified atom stereocenters. The molecule has 0 atom stereocenters. The largest absolute Gasteiger partial charge is 0.370 e. The van der Waals surface area contributed by atoms with Gasteiger partial charge in [0.05, 0.1) is 11.3 Å². The molecule has 1 aromatic rings. The van der Waals surface area contributed by atoms with Crippen LogP contribution in [0.4, 0.5) is 5.00 Å². The van der Waals surface area contributed by atoms with Gasteiger partial charge >= 0.3 is 0 Å². The molecule has 1 aromatic heterocycles. The van der Waals surface area contributed by atoms with Gasteiger partial charge in [-0.3, -0.25) is 4.79 Å². The fourth-order valence-electron chi connectivity index (χ4n) is 1.27. The molecule has 0 aliphatic heterocycles. The molecule has 1 rings (SSSR count). The molecule has 0 aromatic carbocycles. The summed E-state index contributed by atoms with van der Waals surface area (Å²) in [5, 5.41) is 4.27. The Balaban J connectivity index is 3.01. The molecule has 0 aliphatic carbocycles. The first-order valence-corrected chi connectivity index (χ1v) is 5.90. The quantitative estimate of drug-likeness (QED) is 0.801. The van der Waals surface area contributed by atoms with Crippen LogP contribution in [0.2, 0.25) is 0 Å². The molecular weight excluding hydrogens is 208 g/mol. The third-order valence-corrected chi connectivity index (χ3v) is 3.40. The second-order valence-corrected chi connectivity index (χ2v) is 5.16. The topological polar surface area (TPSA) is 42.0 Å². The van der Waals surface area contributed by atoms with Gasteiger partial charge in [0.25, 0.3) is 0 Å². The van der Waals surface area contributed by atoms with Crippen molar-refractivity contribution in [3.63, 3.8) is 0 Å². The summed E-state index contributed by atoms with van der Waals surface area (Å²) in [6, 6.07) is 0. The minimum Gasteiger partial charge on any atom is -0.370 e. The number of aryl methyl sites for hydroxylation is 1. The summed E-state index contributed by atoms with van der Waals surface area (Å²) in [6.07, 6.45) is 1.00. The van der Waals surface area contributed by atoms with Crippen molar-refractivity contribution >= 4 is 22.3 Å². The van der Waals surface area contributed by atoms with E-state index in [1.54, 1.807) is 6.92 Å². The van der Waals surface area contributed by atoms with Crippen molar-refractivity contribution in [1.82, 2.24) is 4.37 Å². The molecule has 0 fully saturated rings. The summed E-state index contributed by atoms with van der Waals surface area (Å²) < 4.78 is 4.21. The maximum Gasteiger partial charge on any atom is 0.164 e. The number of Topliss-reactive ketones (excluding diaryl/α,β-unsaturated/α-hetero) is 1. The first-order chi connectivity index (χ1) is 6.87. The van der Waals surface area contributed by atoms with Crippen molar-refractivity contribution in [2.75, 3.05) is 5.32 Å². The summed E-state index contributed by atoms with van der Waals surface area (Å²) in [5.41, 5.74) is 1.56. The average Bonchev–Trinajstić information content (AvgIpc) is 2.46. The zero-order chi connectivity index (χ0) is 11.6. The van der Waals surface area contributed by atoms with Crippen LogP contribution < -0.4 is 5.32 Å². The minimum atomic E-state index is 0.00315. The lowest BCUT2D eigenvalue weighted by atomic mass is 10.0. The Bertz CT molecular complexity index is 369. The average molecular weight is 226 g/mol. The molecule has 0 saturated heterocycles. The number of aromatic nitrogens is 1. The molecule has 4 heteroatoms. The zero-order valence-electron chi connectivity index (χ0n) is 9.97. The number of ketones is 1. The molecule has 15 heavy (non-hydrogen) atoms. The molecule has 0 radical (unpaired) electrons. The number of hydrogen-bond acceptors (Lipinski definition) is 4. The lowest BCUT2D eigenvalue weighted by Crippen LogP contribution is -2.29. The maximum absolute atomic E-state index is 11.4. The second kappa shape index (κ2) is 4.31. The van der Waals surface area contributed by atoms with Crippen LogP contribution in [0.15, 0.2) is 0 Å². The monoisotopic (exact) mass is 226 g/mol. The van der Waals surface area contributed by atoms with E-state index < -0.39 is 0 Å². The Morgan fingerprint density at radius 2 is 2.13 bits per heavy atom. The lowest BCUT2D eigenvalue weighted by molar-refractivity contribution is 0.101. The van der Waals surface area contributed by atoms with Crippen molar-refractivity contribution < 1.29 is 4.79 Å². The maximum atomic E-state index is 11.4. The van der Waals surface area contributed by atoms with E-state index in [1.165, 1.54) is 11.5 Å². The van der Waals surface area contributed by atoms with E-state index in [0.29, 0.717) is 0 Å². The van der Waals surface area contributed by atoms with E-state index in [4.69, 9.17) is 0 Å². The van der Waals surface area contributed by atoms with Crippen LogP contribution in [-0.4, -0.2) is 15.7 Å². The van der Waals surface area contributed by atoms with Gasteiger partial charge in [0.2, 0.25) is 0 Å². The Morgan fingerprint density at radius 3 is 2.60 bits per heavy atom. The first kappa shape index (κ1) is 12.2. The number of hydrogen-bond donors (Lipinski definition) is 1. The van der Waals surface area contributed by atoms with E-state index in [-0.39, 0.29) is 11.3 Å². The molecule has 0 aliphatic rings. The molecule has 0 amide bonds. The number of nitrogens with one attached hydrogen (secondary N) is 1. The van der Waals surface area contributed by atoms with Crippen molar-refractivity contribution in [3.8, 4) is 0 Å². The molecule has 84 valence electrons. The fourth-order valence-corrected chi connectivity index (χ4v) is 2.29. The lowest BCUT2D eigenvalue weighted by Gasteiger charge is -2.25. The minimum absolute atomic E-state index is 0.00315. The van der Waals surface area contributed by atoms with Gasteiger partial charge in [0.15, 0.2) is 5.78 Å². The third-order valence-electron chi connectivity index (χ3n) is 2.55. The predicted octanol–water partition coefficient (Wildman–Crippen LogP) is 3.25. The van der Waals surface area contributed by atoms with Gasteiger partial charge in [-0.2, -0.15) is 4.37 Å². The molecular formula is C11H18N2OS. The number of rotatable bonds is 4. The molecule has 0 bridgehead atoms. The van der Waals surface area contributed by atoms with E-state index >= 15 is 0 Å². The SMILES string of the molecule is CCC(C)(C)Nc1snc(C)c1C(C)=O. The normalized spacial score (nSPS) is 11.5. The number of carbonyl (C=O) groups is 1. The number of nitrogens with zero attached hydrogens (tertiary/aromatic N) is 1.